The summed E-state index contributed by atoms with van der Waals surface area (Å²) in [5.74, 6) is 0.677. The molecule has 0 N–H and O–H groups in total. The summed E-state index contributed by atoms with van der Waals surface area (Å²) < 4.78 is 6.16. The molecule has 3 rings (SSSR count). The lowest BCUT2D eigenvalue weighted by molar-refractivity contribution is 0.0226. The Bertz CT molecular complexity index is 805. The van der Waals surface area contributed by atoms with Gasteiger partial charge in [-0.25, -0.2) is 0 Å². The normalized spacial score (nSPS) is 18.8. The molecule has 2 aromatic rings. The van der Waals surface area contributed by atoms with Crippen LogP contribution in [0.3, 0.4) is 0 Å². The highest BCUT2D eigenvalue weighted by molar-refractivity contribution is 9.09. The van der Waals surface area contributed by atoms with Gasteiger partial charge < -0.3 is 4.74 Å². The Morgan fingerprint density at radius 3 is 2.19 bits per heavy atom. The third-order valence-electron chi connectivity index (χ3n) is 6.45. The zero-order valence-corrected chi connectivity index (χ0v) is 20.8. The highest BCUT2D eigenvalue weighted by atomic mass is 79.9. The van der Waals surface area contributed by atoms with Gasteiger partial charge in [-0.3, -0.25) is 4.79 Å². The van der Waals surface area contributed by atoms with Gasteiger partial charge in [0.2, 0.25) is 0 Å². The van der Waals surface area contributed by atoms with E-state index in [0.29, 0.717) is 12.0 Å². The zero-order valence-electron chi connectivity index (χ0n) is 19.2. The largest absolute Gasteiger partial charge is 0.378 e. The Labute approximate surface area is 202 Å². The van der Waals surface area contributed by atoms with Gasteiger partial charge in [-0.1, -0.05) is 102 Å². The first kappa shape index (κ1) is 24.9. The predicted octanol–water partition coefficient (Wildman–Crippen LogP) is 8.36. The summed E-state index contributed by atoms with van der Waals surface area (Å²) in [7, 11) is 0. The summed E-state index contributed by atoms with van der Waals surface area (Å²) in [6.45, 7) is 0.927. The summed E-state index contributed by atoms with van der Waals surface area (Å²) in [5.41, 5.74) is 3.21. The monoisotopic (exact) mass is 496 g/mol. The molecule has 2 nitrogen and oxygen atoms in total. The molecule has 3 heteroatoms. The van der Waals surface area contributed by atoms with Crippen LogP contribution in [-0.4, -0.2) is 23.8 Å². The van der Waals surface area contributed by atoms with Crippen molar-refractivity contribution < 1.29 is 9.53 Å². The summed E-state index contributed by atoms with van der Waals surface area (Å²) in [6, 6.07) is 18.1. The number of alkyl halides is 1. The molecule has 0 bridgehead atoms. The fraction of sp³-hybridized carbons (Fsp3) is 0.483. The van der Waals surface area contributed by atoms with Crippen LogP contribution in [0.15, 0.2) is 60.7 Å². The second-order valence-corrected chi connectivity index (χ2v) is 9.68. The van der Waals surface area contributed by atoms with Crippen LogP contribution in [0.1, 0.15) is 91.6 Å². The van der Waals surface area contributed by atoms with E-state index in [2.05, 4.69) is 40.2 Å². The van der Waals surface area contributed by atoms with E-state index >= 15 is 0 Å². The van der Waals surface area contributed by atoms with Crippen molar-refractivity contribution in [1.29, 1.82) is 0 Å². The molecule has 2 aromatic carbocycles. The number of allylic oxidation sites excluding steroid dienone is 1. The highest BCUT2D eigenvalue weighted by Gasteiger charge is 2.22. The number of rotatable bonds is 13. The van der Waals surface area contributed by atoms with E-state index in [1.165, 1.54) is 69.8 Å². The Morgan fingerprint density at radius 1 is 0.844 bits per heavy atom. The van der Waals surface area contributed by atoms with Crippen LogP contribution in [0.2, 0.25) is 0 Å². The average Bonchev–Trinajstić information content (AvgIpc) is 2.85. The number of ether oxygens (including phenoxy) is 1. The van der Waals surface area contributed by atoms with Crippen LogP contribution in [0.25, 0.3) is 6.08 Å². The van der Waals surface area contributed by atoms with Gasteiger partial charge in [0, 0.05) is 17.5 Å². The first-order chi connectivity index (χ1) is 15.8. The highest BCUT2D eigenvalue weighted by Crippen LogP contribution is 2.34. The number of hydrogen-bond donors (Lipinski definition) is 0. The lowest BCUT2D eigenvalue weighted by atomic mass is 9.82. The van der Waals surface area contributed by atoms with Crippen LogP contribution < -0.4 is 0 Å². The number of carbonyl (C=O) groups excluding carboxylic acids is 1. The maximum Gasteiger partial charge on any atom is 0.185 e. The molecule has 0 unspecified atom stereocenters. The van der Waals surface area contributed by atoms with E-state index in [0.717, 1.165) is 23.1 Å². The molecule has 0 saturated heterocycles. The predicted molar refractivity (Wildman–Crippen MR) is 139 cm³/mol. The molecule has 172 valence electrons. The first-order valence-corrected chi connectivity index (χ1v) is 13.4. The summed E-state index contributed by atoms with van der Waals surface area (Å²) in [4.78, 5) is 12.2. The fourth-order valence-corrected chi connectivity index (χ4v) is 4.86. The van der Waals surface area contributed by atoms with Crippen molar-refractivity contribution in [2.45, 2.75) is 76.2 Å². The van der Waals surface area contributed by atoms with Crippen molar-refractivity contribution in [3.8, 4) is 0 Å². The van der Waals surface area contributed by atoms with Crippen LogP contribution in [0.5, 0.6) is 0 Å². The quantitative estimate of drug-likeness (QED) is 0.120. The van der Waals surface area contributed by atoms with Crippen molar-refractivity contribution in [3.05, 3.63) is 77.4 Å². The van der Waals surface area contributed by atoms with E-state index in [1.807, 2.05) is 36.4 Å². The molecular formula is C29H37BrO2. The fourth-order valence-electron chi connectivity index (χ4n) is 4.47. The minimum Gasteiger partial charge on any atom is -0.378 e. The van der Waals surface area contributed by atoms with Gasteiger partial charge in [-0.05, 0) is 61.6 Å². The molecule has 0 spiro atoms. The Morgan fingerprint density at radius 2 is 1.50 bits per heavy atom. The smallest absolute Gasteiger partial charge is 0.185 e. The van der Waals surface area contributed by atoms with Crippen molar-refractivity contribution in [2.24, 2.45) is 0 Å². The molecule has 1 saturated carbocycles. The Hall–Kier alpha value is -1.71. The number of halogens is 1. The summed E-state index contributed by atoms with van der Waals surface area (Å²) in [5, 5.41) is 1.13. The van der Waals surface area contributed by atoms with Gasteiger partial charge >= 0.3 is 0 Å². The number of hydrogen-bond acceptors (Lipinski definition) is 2. The lowest BCUT2D eigenvalue weighted by Gasteiger charge is -2.29. The second kappa shape index (κ2) is 14.4. The van der Waals surface area contributed by atoms with E-state index in [9.17, 15) is 4.79 Å². The van der Waals surface area contributed by atoms with E-state index in [4.69, 9.17) is 4.74 Å². The van der Waals surface area contributed by atoms with Gasteiger partial charge in [0.15, 0.2) is 5.78 Å². The van der Waals surface area contributed by atoms with Crippen LogP contribution in [0, 0.1) is 0 Å². The minimum atomic E-state index is 0.0441. The molecule has 0 amide bonds. The third-order valence-corrected chi connectivity index (χ3v) is 7.01. The SMILES string of the molecule is O=C(C=Cc1ccc(C2CCC(OCCCCCCCCBr)CC2)cc1)c1ccccc1. The number of unbranched alkanes of at least 4 members (excludes halogenated alkanes) is 5. The van der Waals surface area contributed by atoms with Gasteiger partial charge in [-0.2, -0.15) is 0 Å². The summed E-state index contributed by atoms with van der Waals surface area (Å²) >= 11 is 3.49. The van der Waals surface area contributed by atoms with Gasteiger partial charge in [0.25, 0.3) is 0 Å². The molecule has 0 atom stereocenters. The van der Waals surface area contributed by atoms with Crippen LogP contribution in [-0.2, 0) is 4.74 Å². The summed E-state index contributed by atoms with van der Waals surface area (Å²) in [6.07, 6.45) is 16.6. The molecule has 0 heterocycles. The third kappa shape index (κ3) is 8.67. The minimum absolute atomic E-state index is 0.0441. The lowest BCUT2D eigenvalue weighted by Crippen LogP contribution is -2.21. The molecule has 0 aliphatic heterocycles. The van der Waals surface area contributed by atoms with Crippen molar-refractivity contribution in [1.82, 2.24) is 0 Å². The van der Waals surface area contributed by atoms with Crippen molar-refractivity contribution in [2.75, 3.05) is 11.9 Å². The van der Waals surface area contributed by atoms with E-state index < -0.39 is 0 Å². The second-order valence-electron chi connectivity index (χ2n) is 8.89. The molecule has 0 radical (unpaired) electrons. The van der Waals surface area contributed by atoms with Gasteiger partial charge in [0.05, 0.1) is 6.10 Å². The average molecular weight is 498 g/mol. The van der Waals surface area contributed by atoms with Gasteiger partial charge in [-0.15, -0.1) is 0 Å². The topological polar surface area (TPSA) is 26.3 Å². The first-order valence-electron chi connectivity index (χ1n) is 12.3. The van der Waals surface area contributed by atoms with E-state index in [1.54, 1.807) is 6.08 Å². The standard InChI is InChI=1S/C29H37BrO2/c30-22-8-3-1-2-4-9-23-32-28-19-17-26(18-20-28)25-15-12-24(13-16-25)14-21-29(31)27-10-6-5-7-11-27/h5-7,10-16,21,26,28H,1-4,8-9,17-20,22-23H2. The number of benzene rings is 2. The number of ketones is 1. The van der Waals surface area contributed by atoms with Crippen molar-refractivity contribution in [3.63, 3.8) is 0 Å². The zero-order chi connectivity index (χ0) is 22.4. The maximum atomic E-state index is 12.2. The van der Waals surface area contributed by atoms with Crippen LogP contribution >= 0.6 is 15.9 Å². The molecule has 1 fully saturated rings. The maximum absolute atomic E-state index is 12.2. The molecule has 32 heavy (non-hydrogen) atoms. The molecular weight excluding hydrogens is 460 g/mol. The van der Waals surface area contributed by atoms with E-state index in [-0.39, 0.29) is 5.78 Å². The molecule has 0 aromatic heterocycles. The van der Waals surface area contributed by atoms with Crippen molar-refractivity contribution >= 4 is 27.8 Å². The Balaban J connectivity index is 1.34. The Kier molecular flexibility index (Phi) is 11.2. The van der Waals surface area contributed by atoms with Crippen LogP contribution in [0.4, 0.5) is 0 Å². The molecule has 1 aliphatic rings. The number of carbonyl (C=O) groups is 1. The molecule has 1 aliphatic carbocycles. The van der Waals surface area contributed by atoms with Gasteiger partial charge in [0.1, 0.15) is 0 Å².